The molecule has 0 amide bonds. The first kappa shape index (κ1) is 12.0. The molecule has 3 fully saturated rings. The second-order valence-electron chi connectivity index (χ2n) is 6.84. The van der Waals surface area contributed by atoms with Crippen LogP contribution < -0.4 is 0 Å². The molecule has 5 atom stereocenters. The zero-order chi connectivity index (χ0) is 12.2. The molecule has 1 aliphatic heterocycles. The molecule has 17 heavy (non-hydrogen) atoms. The summed E-state index contributed by atoms with van der Waals surface area (Å²) in [5.74, 6) is 2.70. The van der Waals surface area contributed by atoms with Gasteiger partial charge in [-0.15, -0.1) is 0 Å². The highest BCUT2D eigenvalue weighted by Gasteiger charge is 2.62. The third kappa shape index (κ3) is 1.84. The van der Waals surface area contributed by atoms with Crippen molar-refractivity contribution in [1.82, 2.24) is 0 Å². The van der Waals surface area contributed by atoms with Crippen LogP contribution in [-0.4, -0.2) is 18.5 Å². The predicted octanol–water partition coefficient (Wildman–Crippen LogP) is 3.60. The van der Waals surface area contributed by atoms with Gasteiger partial charge in [-0.05, 0) is 56.3 Å². The molecule has 2 heteroatoms. The summed E-state index contributed by atoms with van der Waals surface area (Å²) in [7, 11) is 0. The Kier molecular flexibility index (Phi) is 2.79. The standard InChI is InChI=1S/C15H26O2/c1-9(2)15-6-5-12(13(15)8-15)7-14-16-10(3)11(4)17-14/h9-14H,5-8H2,1-4H3. The van der Waals surface area contributed by atoms with Crippen LogP contribution in [0.25, 0.3) is 0 Å². The number of hydrogen-bond donors (Lipinski definition) is 0. The maximum atomic E-state index is 5.87. The Bertz CT molecular complexity index is 291. The average Bonchev–Trinajstić information content (AvgIpc) is 2.80. The fourth-order valence-electron chi connectivity index (χ4n) is 4.25. The molecule has 0 N–H and O–H groups in total. The van der Waals surface area contributed by atoms with Gasteiger partial charge in [-0.3, -0.25) is 0 Å². The molecule has 3 aliphatic rings. The van der Waals surface area contributed by atoms with E-state index in [4.69, 9.17) is 9.47 Å². The van der Waals surface area contributed by atoms with Crippen LogP contribution in [0.3, 0.4) is 0 Å². The van der Waals surface area contributed by atoms with Gasteiger partial charge < -0.3 is 9.47 Å². The van der Waals surface area contributed by atoms with Gasteiger partial charge in [0.1, 0.15) is 0 Å². The highest BCUT2D eigenvalue weighted by Crippen LogP contribution is 2.70. The molecule has 3 rings (SSSR count). The Morgan fingerprint density at radius 3 is 2.29 bits per heavy atom. The average molecular weight is 238 g/mol. The molecule has 2 nitrogen and oxygen atoms in total. The van der Waals surface area contributed by atoms with Crippen LogP contribution in [0, 0.1) is 23.2 Å². The molecule has 0 radical (unpaired) electrons. The van der Waals surface area contributed by atoms with Crippen LogP contribution in [0.1, 0.15) is 53.4 Å². The lowest BCUT2D eigenvalue weighted by Gasteiger charge is -2.16. The summed E-state index contributed by atoms with van der Waals surface area (Å²) in [6.07, 6.45) is 6.06. The minimum atomic E-state index is 0.0774. The van der Waals surface area contributed by atoms with Gasteiger partial charge in [0.2, 0.25) is 0 Å². The smallest absolute Gasteiger partial charge is 0.158 e. The van der Waals surface area contributed by atoms with E-state index in [0.29, 0.717) is 5.41 Å². The second kappa shape index (κ2) is 3.96. The van der Waals surface area contributed by atoms with Crippen LogP contribution in [0.2, 0.25) is 0 Å². The monoisotopic (exact) mass is 238 g/mol. The molecular weight excluding hydrogens is 212 g/mol. The number of rotatable bonds is 3. The van der Waals surface area contributed by atoms with E-state index in [2.05, 4.69) is 27.7 Å². The van der Waals surface area contributed by atoms with Crippen molar-refractivity contribution in [1.29, 1.82) is 0 Å². The van der Waals surface area contributed by atoms with Crippen LogP contribution in [0.15, 0.2) is 0 Å². The highest BCUT2D eigenvalue weighted by molar-refractivity contribution is 5.11. The number of ether oxygens (including phenoxy) is 2. The molecule has 0 spiro atoms. The minimum Gasteiger partial charge on any atom is -0.347 e. The van der Waals surface area contributed by atoms with E-state index >= 15 is 0 Å². The van der Waals surface area contributed by atoms with E-state index in [-0.39, 0.29) is 18.5 Å². The molecule has 0 aromatic carbocycles. The number of hydrogen-bond acceptors (Lipinski definition) is 2. The third-order valence-electron chi connectivity index (χ3n) is 5.77. The molecule has 2 aliphatic carbocycles. The minimum absolute atomic E-state index is 0.0774. The summed E-state index contributed by atoms with van der Waals surface area (Å²) in [6, 6.07) is 0. The van der Waals surface area contributed by atoms with Crippen molar-refractivity contribution in [2.75, 3.05) is 0 Å². The first-order chi connectivity index (χ1) is 8.03. The quantitative estimate of drug-likeness (QED) is 0.748. The lowest BCUT2D eigenvalue weighted by atomic mass is 9.90. The first-order valence-electron chi connectivity index (χ1n) is 7.34. The van der Waals surface area contributed by atoms with E-state index in [1.54, 1.807) is 0 Å². The van der Waals surface area contributed by atoms with E-state index in [0.717, 1.165) is 24.2 Å². The van der Waals surface area contributed by atoms with Gasteiger partial charge in [-0.1, -0.05) is 13.8 Å². The summed E-state index contributed by atoms with van der Waals surface area (Å²) < 4.78 is 11.7. The summed E-state index contributed by atoms with van der Waals surface area (Å²) in [4.78, 5) is 0. The highest BCUT2D eigenvalue weighted by atomic mass is 16.7. The van der Waals surface area contributed by atoms with E-state index in [1.807, 2.05) is 0 Å². The molecule has 5 unspecified atom stereocenters. The fourth-order valence-corrected chi connectivity index (χ4v) is 4.25. The van der Waals surface area contributed by atoms with Gasteiger partial charge in [-0.2, -0.15) is 0 Å². The zero-order valence-corrected chi connectivity index (χ0v) is 11.6. The largest absolute Gasteiger partial charge is 0.347 e. The molecule has 2 saturated carbocycles. The molecule has 0 aromatic rings. The van der Waals surface area contributed by atoms with Crippen LogP contribution >= 0.6 is 0 Å². The van der Waals surface area contributed by atoms with Crippen molar-refractivity contribution in [3.63, 3.8) is 0 Å². The zero-order valence-electron chi connectivity index (χ0n) is 11.6. The van der Waals surface area contributed by atoms with Crippen molar-refractivity contribution in [3.8, 4) is 0 Å². The van der Waals surface area contributed by atoms with Gasteiger partial charge in [-0.25, -0.2) is 0 Å². The van der Waals surface area contributed by atoms with Gasteiger partial charge in [0.15, 0.2) is 6.29 Å². The van der Waals surface area contributed by atoms with Crippen molar-refractivity contribution in [2.24, 2.45) is 23.2 Å². The summed E-state index contributed by atoms with van der Waals surface area (Å²) >= 11 is 0. The topological polar surface area (TPSA) is 18.5 Å². The van der Waals surface area contributed by atoms with Crippen molar-refractivity contribution < 1.29 is 9.47 Å². The van der Waals surface area contributed by atoms with Crippen LogP contribution in [-0.2, 0) is 9.47 Å². The molecule has 0 bridgehead atoms. The van der Waals surface area contributed by atoms with Crippen LogP contribution in [0.5, 0.6) is 0 Å². The molecule has 98 valence electrons. The van der Waals surface area contributed by atoms with Gasteiger partial charge in [0.05, 0.1) is 12.2 Å². The summed E-state index contributed by atoms with van der Waals surface area (Å²) in [5.41, 5.74) is 0.709. The summed E-state index contributed by atoms with van der Waals surface area (Å²) in [5, 5.41) is 0. The molecular formula is C15H26O2. The predicted molar refractivity (Wildman–Crippen MR) is 67.6 cm³/mol. The van der Waals surface area contributed by atoms with Gasteiger partial charge in [0.25, 0.3) is 0 Å². The maximum Gasteiger partial charge on any atom is 0.158 e. The van der Waals surface area contributed by atoms with E-state index < -0.39 is 0 Å². The van der Waals surface area contributed by atoms with Crippen molar-refractivity contribution in [2.45, 2.75) is 71.9 Å². The van der Waals surface area contributed by atoms with Crippen molar-refractivity contribution >= 4 is 0 Å². The van der Waals surface area contributed by atoms with Crippen LogP contribution in [0.4, 0.5) is 0 Å². The van der Waals surface area contributed by atoms with E-state index in [1.165, 1.54) is 19.3 Å². The Hall–Kier alpha value is -0.0800. The van der Waals surface area contributed by atoms with Gasteiger partial charge >= 0.3 is 0 Å². The molecule has 1 saturated heterocycles. The SMILES string of the molecule is CC1OC(CC2CCC3(C(C)C)CC23)OC1C. The maximum absolute atomic E-state index is 5.87. The number of fused-ring (bicyclic) bond motifs is 1. The Balaban J connectivity index is 1.55. The Morgan fingerprint density at radius 1 is 1.18 bits per heavy atom. The first-order valence-corrected chi connectivity index (χ1v) is 7.34. The lowest BCUT2D eigenvalue weighted by molar-refractivity contribution is -0.0774. The molecule has 0 aromatic heterocycles. The van der Waals surface area contributed by atoms with E-state index in [9.17, 15) is 0 Å². The van der Waals surface area contributed by atoms with Crippen molar-refractivity contribution in [3.05, 3.63) is 0 Å². The summed E-state index contributed by atoms with van der Waals surface area (Å²) in [6.45, 7) is 9.04. The van der Waals surface area contributed by atoms with Gasteiger partial charge in [0, 0.05) is 6.42 Å². The lowest BCUT2D eigenvalue weighted by Crippen LogP contribution is -2.16. The Morgan fingerprint density at radius 2 is 1.82 bits per heavy atom. The fraction of sp³-hybridized carbons (Fsp3) is 1.00. The molecule has 1 heterocycles. The normalized spacial score (nSPS) is 53.1. The second-order valence-corrected chi connectivity index (χ2v) is 6.84. The third-order valence-corrected chi connectivity index (χ3v) is 5.77. The Labute approximate surface area is 105 Å².